The molecular weight excluding hydrogens is 266 g/mol. The number of hydrogen-bond acceptors (Lipinski definition) is 5. The van der Waals surface area contributed by atoms with Crippen LogP contribution in [-0.4, -0.2) is 35.1 Å². The zero-order valence-electron chi connectivity index (χ0n) is 11.5. The molecule has 0 aliphatic carbocycles. The number of amides is 2. The van der Waals surface area contributed by atoms with Crippen molar-refractivity contribution < 1.29 is 14.3 Å². The molecule has 0 fully saturated rings. The number of carbonyl (C=O) groups excluding carboxylic acids is 2. The highest BCUT2D eigenvalue weighted by atomic mass is 32.2. The molecule has 1 unspecified atom stereocenters. The minimum absolute atomic E-state index is 0.0157. The Morgan fingerprint density at radius 1 is 1.47 bits per heavy atom. The van der Waals surface area contributed by atoms with Crippen LogP contribution in [0.3, 0.4) is 0 Å². The fraction of sp³-hybridized carbons (Fsp3) is 0.583. The largest absolute Gasteiger partial charge is 0.444 e. The molecule has 0 spiro atoms. The lowest BCUT2D eigenvalue weighted by molar-refractivity contribution is -0.121. The molecule has 0 bridgehead atoms. The molecule has 0 aliphatic heterocycles. The van der Waals surface area contributed by atoms with Gasteiger partial charge in [0.2, 0.25) is 5.91 Å². The van der Waals surface area contributed by atoms with E-state index in [1.54, 1.807) is 27.0 Å². The van der Waals surface area contributed by atoms with Crippen LogP contribution >= 0.6 is 11.8 Å². The molecule has 0 aromatic rings. The summed E-state index contributed by atoms with van der Waals surface area (Å²) in [5.41, 5.74) is -0.659. The molecule has 0 rings (SSSR count). The minimum atomic E-state index is -0.924. The summed E-state index contributed by atoms with van der Waals surface area (Å²) < 4.78 is 5.04. The number of carbonyl (C=O) groups is 2. The highest BCUT2D eigenvalue weighted by Crippen LogP contribution is 2.07. The summed E-state index contributed by atoms with van der Waals surface area (Å²) >= 11 is 1.07. The van der Waals surface area contributed by atoms with Crippen LogP contribution in [0.25, 0.3) is 0 Å². The molecule has 2 amide bonds. The lowest BCUT2D eigenvalue weighted by atomic mass is 10.2. The summed E-state index contributed by atoms with van der Waals surface area (Å²) in [5.74, 6) is 1.76. The Bertz CT molecular complexity index is 396. The molecule has 0 aromatic heterocycles. The normalized spacial score (nSPS) is 11.9. The van der Waals surface area contributed by atoms with Crippen molar-refractivity contribution in [1.29, 1.82) is 5.41 Å². The SMILES string of the molecule is C#CCC(NC(=O)OC(C)(C)C)C(=O)NC(=N)SC. The van der Waals surface area contributed by atoms with E-state index >= 15 is 0 Å². The first kappa shape index (κ1) is 17.3. The summed E-state index contributed by atoms with van der Waals surface area (Å²) in [4.78, 5) is 23.3. The van der Waals surface area contributed by atoms with Crippen molar-refractivity contribution in [1.82, 2.24) is 10.6 Å². The van der Waals surface area contributed by atoms with E-state index in [2.05, 4.69) is 16.6 Å². The van der Waals surface area contributed by atoms with E-state index in [1.165, 1.54) is 0 Å². The van der Waals surface area contributed by atoms with Crippen LogP contribution < -0.4 is 10.6 Å². The van der Waals surface area contributed by atoms with Gasteiger partial charge in [-0.15, -0.1) is 12.3 Å². The third kappa shape index (κ3) is 8.11. The molecule has 6 nitrogen and oxygen atoms in total. The zero-order valence-corrected chi connectivity index (χ0v) is 12.3. The van der Waals surface area contributed by atoms with Crippen molar-refractivity contribution in [2.75, 3.05) is 6.26 Å². The van der Waals surface area contributed by atoms with Gasteiger partial charge in [0.15, 0.2) is 5.17 Å². The first-order valence-corrected chi connectivity index (χ1v) is 6.78. The Kier molecular flexibility index (Phi) is 7.01. The highest BCUT2D eigenvalue weighted by Gasteiger charge is 2.24. The maximum absolute atomic E-state index is 11.8. The minimum Gasteiger partial charge on any atom is -0.444 e. The summed E-state index contributed by atoms with van der Waals surface area (Å²) in [6, 6.07) is -0.924. The molecule has 0 aliphatic rings. The number of nitrogens with one attached hydrogen (secondary N) is 3. The predicted octanol–water partition coefficient (Wildman–Crippen LogP) is 1.32. The Morgan fingerprint density at radius 3 is 2.47 bits per heavy atom. The average Bonchev–Trinajstić information content (AvgIpc) is 2.25. The lowest BCUT2D eigenvalue weighted by Gasteiger charge is -2.22. The average molecular weight is 285 g/mol. The van der Waals surface area contributed by atoms with Gasteiger partial charge >= 0.3 is 6.09 Å². The summed E-state index contributed by atoms with van der Waals surface area (Å²) in [6.45, 7) is 5.14. The molecule has 106 valence electrons. The number of terminal acetylenes is 1. The van der Waals surface area contributed by atoms with Gasteiger partial charge in [-0.05, 0) is 27.0 Å². The van der Waals surface area contributed by atoms with E-state index in [4.69, 9.17) is 16.6 Å². The number of thioether (sulfide) groups is 1. The number of alkyl carbamates (subject to hydrolysis) is 1. The van der Waals surface area contributed by atoms with Crippen LogP contribution in [0, 0.1) is 17.8 Å². The molecule has 19 heavy (non-hydrogen) atoms. The van der Waals surface area contributed by atoms with E-state index < -0.39 is 23.6 Å². The summed E-state index contributed by atoms with van der Waals surface area (Å²) in [5, 5.41) is 12.0. The van der Waals surface area contributed by atoms with Crippen molar-refractivity contribution in [2.24, 2.45) is 0 Å². The molecule has 0 saturated heterocycles. The van der Waals surface area contributed by atoms with Gasteiger partial charge in [-0.1, -0.05) is 11.8 Å². The monoisotopic (exact) mass is 285 g/mol. The van der Waals surface area contributed by atoms with Crippen molar-refractivity contribution in [3.8, 4) is 12.3 Å². The van der Waals surface area contributed by atoms with Crippen molar-refractivity contribution in [2.45, 2.75) is 38.8 Å². The van der Waals surface area contributed by atoms with Gasteiger partial charge in [0.25, 0.3) is 0 Å². The Morgan fingerprint density at radius 2 is 2.05 bits per heavy atom. The molecule has 0 heterocycles. The second-order valence-corrected chi connectivity index (χ2v) is 5.45. The van der Waals surface area contributed by atoms with Crippen molar-refractivity contribution in [3.63, 3.8) is 0 Å². The van der Waals surface area contributed by atoms with Gasteiger partial charge in [0.05, 0.1) is 0 Å². The van der Waals surface area contributed by atoms with Crippen LogP contribution in [0.15, 0.2) is 0 Å². The highest BCUT2D eigenvalue weighted by molar-refractivity contribution is 8.13. The molecule has 3 N–H and O–H groups in total. The Hall–Kier alpha value is -1.68. The van der Waals surface area contributed by atoms with Gasteiger partial charge in [-0.2, -0.15) is 0 Å². The van der Waals surface area contributed by atoms with Crippen LogP contribution in [0.1, 0.15) is 27.2 Å². The first-order valence-electron chi connectivity index (χ1n) is 5.56. The Labute approximate surface area is 117 Å². The third-order valence-corrected chi connectivity index (χ3v) is 2.28. The van der Waals surface area contributed by atoms with Gasteiger partial charge in [0, 0.05) is 6.42 Å². The van der Waals surface area contributed by atoms with Gasteiger partial charge in [-0.3, -0.25) is 10.2 Å². The smallest absolute Gasteiger partial charge is 0.408 e. The molecule has 0 radical (unpaired) electrons. The van der Waals surface area contributed by atoms with Crippen LogP contribution in [0.5, 0.6) is 0 Å². The zero-order chi connectivity index (χ0) is 15.1. The lowest BCUT2D eigenvalue weighted by Crippen LogP contribution is -2.48. The van der Waals surface area contributed by atoms with Crippen molar-refractivity contribution in [3.05, 3.63) is 0 Å². The van der Waals surface area contributed by atoms with E-state index in [0.29, 0.717) is 0 Å². The predicted molar refractivity (Wildman–Crippen MR) is 76.0 cm³/mol. The molecule has 0 aromatic carbocycles. The number of hydrogen-bond donors (Lipinski definition) is 3. The van der Waals surface area contributed by atoms with Crippen LogP contribution in [-0.2, 0) is 9.53 Å². The Balaban J connectivity index is 4.57. The molecule has 0 saturated carbocycles. The van der Waals surface area contributed by atoms with Gasteiger partial charge in [-0.25, -0.2) is 4.79 Å². The molecule has 7 heteroatoms. The third-order valence-electron chi connectivity index (χ3n) is 1.77. The summed E-state index contributed by atoms with van der Waals surface area (Å²) in [6.07, 6.45) is 6.10. The first-order chi connectivity index (χ1) is 8.69. The van der Waals surface area contributed by atoms with Crippen LogP contribution in [0.2, 0.25) is 0 Å². The van der Waals surface area contributed by atoms with Gasteiger partial charge < -0.3 is 15.4 Å². The van der Waals surface area contributed by atoms with Crippen molar-refractivity contribution >= 4 is 28.9 Å². The topological polar surface area (TPSA) is 91.3 Å². The number of ether oxygens (including phenoxy) is 1. The fourth-order valence-corrected chi connectivity index (χ4v) is 1.23. The number of amidine groups is 1. The van der Waals surface area contributed by atoms with E-state index in [9.17, 15) is 9.59 Å². The van der Waals surface area contributed by atoms with E-state index in [0.717, 1.165) is 11.8 Å². The van der Waals surface area contributed by atoms with E-state index in [1.807, 2.05) is 0 Å². The fourth-order valence-electron chi connectivity index (χ4n) is 1.03. The number of rotatable bonds is 3. The second-order valence-electron chi connectivity index (χ2n) is 4.63. The maximum Gasteiger partial charge on any atom is 0.408 e. The summed E-state index contributed by atoms with van der Waals surface area (Å²) in [7, 11) is 0. The van der Waals surface area contributed by atoms with E-state index in [-0.39, 0.29) is 11.6 Å². The quantitative estimate of drug-likeness (QED) is 0.414. The standard InChI is InChI=1S/C12H19N3O3S/c1-6-7-8(9(16)15-10(13)19-5)14-11(17)18-12(2,3)4/h1,8H,7H2,2-5H3,(H,14,17)(H2,13,15,16). The maximum atomic E-state index is 11.8. The molecular formula is C12H19N3O3S. The second kappa shape index (κ2) is 7.69. The van der Waals surface area contributed by atoms with Crippen LogP contribution in [0.4, 0.5) is 4.79 Å². The van der Waals surface area contributed by atoms with Gasteiger partial charge in [0.1, 0.15) is 11.6 Å². The molecule has 1 atom stereocenters.